The van der Waals surface area contributed by atoms with E-state index in [2.05, 4.69) is 15.0 Å². The van der Waals surface area contributed by atoms with Crippen molar-refractivity contribution in [2.24, 2.45) is 0 Å². The first-order chi connectivity index (χ1) is 7.27. The molecule has 0 saturated carbocycles. The van der Waals surface area contributed by atoms with Crippen LogP contribution >= 0.6 is 0 Å². The van der Waals surface area contributed by atoms with Crippen LogP contribution in [-0.4, -0.2) is 31.3 Å². The fraction of sp³-hybridized carbons (Fsp3) is 0.500. The highest BCUT2D eigenvalue weighted by Crippen LogP contribution is 2.02. The summed E-state index contributed by atoms with van der Waals surface area (Å²) in [4.78, 5) is 14.0. The molecular weight excluding hydrogens is 199 g/mol. The maximum atomic E-state index is 11.8. The molecule has 84 valence electrons. The quantitative estimate of drug-likeness (QED) is 0.553. The predicted octanol–water partition coefficient (Wildman–Crippen LogP) is 1.25. The van der Waals surface area contributed by atoms with Gasteiger partial charge in [0, 0.05) is 12.2 Å². The van der Waals surface area contributed by atoms with Gasteiger partial charge in [-0.05, 0) is 25.1 Å². The van der Waals surface area contributed by atoms with Crippen molar-refractivity contribution >= 4 is 5.97 Å². The maximum absolute atomic E-state index is 11.8. The molecule has 15 heavy (non-hydrogen) atoms. The highest BCUT2D eigenvalue weighted by atomic mass is 19.1. The van der Waals surface area contributed by atoms with Crippen LogP contribution in [0.2, 0.25) is 0 Å². The largest absolute Gasteiger partial charge is 0.464 e. The van der Waals surface area contributed by atoms with Crippen molar-refractivity contribution < 1.29 is 13.9 Å². The zero-order chi connectivity index (χ0) is 11.1. The predicted molar refractivity (Wildman–Crippen MR) is 54.4 cm³/mol. The second kappa shape index (κ2) is 6.19. The van der Waals surface area contributed by atoms with Gasteiger partial charge in [0.05, 0.1) is 13.8 Å². The lowest BCUT2D eigenvalue weighted by molar-refractivity contribution is 0.0594. The fourth-order valence-corrected chi connectivity index (χ4v) is 1.19. The number of methoxy groups -OCH3 is 1. The second-order valence-electron chi connectivity index (χ2n) is 3.11. The number of alkyl halides is 1. The fourth-order valence-electron chi connectivity index (χ4n) is 1.19. The topological polar surface area (TPSA) is 54.1 Å². The van der Waals surface area contributed by atoms with Crippen LogP contribution in [0, 0.1) is 0 Å². The molecule has 0 saturated heterocycles. The SMILES string of the molecule is COC(=O)c1ccc(CNCCCF)[nH]1. The highest BCUT2D eigenvalue weighted by molar-refractivity contribution is 5.87. The van der Waals surface area contributed by atoms with E-state index in [1.54, 1.807) is 12.1 Å². The number of aromatic nitrogens is 1. The van der Waals surface area contributed by atoms with Gasteiger partial charge in [-0.25, -0.2) is 4.79 Å². The zero-order valence-electron chi connectivity index (χ0n) is 8.68. The number of H-pyrrole nitrogens is 1. The molecule has 1 aromatic heterocycles. The normalized spacial score (nSPS) is 10.3. The van der Waals surface area contributed by atoms with E-state index >= 15 is 0 Å². The monoisotopic (exact) mass is 214 g/mol. The molecule has 0 aliphatic heterocycles. The van der Waals surface area contributed by atoms with E-state index in [1.807, 2.05) is 0 Å². The van der Waals surface area contributed by atoms with Crippen molar-refractivity contribution in [2.45, 2.75) is 13.0 Å². The first-order valence-electron chi connectivity index (χ1n) is 4.81. The van der Waals surface area contributed by atoms with Gasteiger partial charge in [-0.15, -0.1) is 0 Å². The molecule has 0 fully saturated rings. The van der Waals surface area contributed by atoms with Crippen LogP contribution in [0.3, 0.4) is 0 Å². The van der Waals surface area contributed by atoms with E-state index in [9.17, 15) is 9.18 Å². The molecule has 0 aliphatic carbocycles. The van der Waals surface area contributed by atoms with Crippen molar-refractivity contribution in [1.82, 2.24) is 10.3 Å². The minimum Gasteiger partial charge on any atom is -0.464 e. The Kier molecular flexibility index (Phi) is 4.83. The Bertz CT molecular complexity index is 312. The lowest BCUT2D eigenvalue weighted by Gasteiger charge is -2.00. The minimum atomic E-state index is -0.384. The molecule has 0 atom stereocenters. The average Bonchev–Trinajstić information content (AvgIpc) is 2.72. The molecular formula is C10H15FN2O2. The summed E-state index contributed by atoms with van der Waals surface area (Å²) in [6.45, 7) is 0.908. The van der Waals surface area contributed by atoms with Crippen molar-refractivity contribution in [1.29, 1.82) is 0 Å². The summed E-state index contributed by atoms with van der Waals surface area (Å²) >= 11 is 0. The molecule has 0 bridgehead atoms. The number of halogens is 1. The summed E-state index contributed by atoms with van der Waals surface area (Å²) in [5, 5.41) is 3.05. The molecule has 0 amide bonds. The third kappa shape index (κ3) is 3.71. The van der Waals surface area contributed by atoms with E-state index < -0.39 is 0 Å². The number of hydrogen-bond donors (Lipinski definition) is 2. The molecule has 4 nitrogen and oxygen atoms in total. The van der Waals surface area contributed by atoms with Gasteiger partial charge in [0.1, 0.15) is 5.69 Å². The first kappa shape index (κ1) is 11.7. The van der Waals surface area contributed by atoms with Crippen molar-refractivity contribution in [3.8, 4) is 0 Å². The van der Waals surface area contributed by atoms with Gasteiger partial charge in [0.15, 0.2) is 0 Å². The second-order valence-corrected chi connectivity index (χ2v) is 3.11. The molecule has 0 aromatic carbocycles. The third-order valence-electron chi connectivity index (χ3n) is 1.95. The molecule has 1 aromatic rings. The van der Waals surface area contributed by atoms with E-state index in [4.69, 9.17) is 0 Å². The smallest absolute Gasteiger partial charge is 0.354 e. The van der Waals surface area contributed by atoms with Crippen LogP contribution < -0.4 is 5.32 Å². The van der Waals surface area contributed by atoms with Crippen molar-refractivity contribution in [3.05, 3.63) is 23.5 Å². The Morgan fingerprint density at radius 2 is 2.40 bits per heavy atom. The molecule has 1 heterocycles. The lowest BCUT2D eigenvalue weighted by Crippen LogP contribution is -2.15. The van der Waals surface area contributed by atoms with E-state index in [0.29, 0.717) is 25.2 Å². The highest BCUT2D eigenvalue weighted by Gasteiger charge is 2.06. The maximum Gasteiger partial charge on any atom is 0.354 e. The Morgan fingerprint density at radius 3 is 3.07 bits per heavy atom. The summed E-state index contributed by atoms with van der Waals surface area (Å²) in [6, 6.07) is 3.46. The lowest BCUT2D eigenvalue weighted by atomic mass is 10.4. The van der Waals surface area contributed by atoms with Crippen molar-refractivity contribution in [2.75, 3.05) is 20.3 Å². The van der Waals surface area contributed by atoms with Gasteiger partial charge in [-0.3, -0.25) is 4.39 Å². The number of hydrogen-bond acceptors (Lipinski definition) is 3. The Labute approximate surface area is 87.8 Å². The molecule has 2 N–H and O–H groups in total. The summed E-state index contributed by atoms with van der Waals surface area (Å²) in [6.07, 6.45) is 0.505. The summed E-state index contributed by atoms with van der Waals surface area (Å²) < 4.78 is 16.3. The molecule has 0 spiro atoms. The molecule has 0 aliphatic rings. The van der Waals surface area contributed by atoms with Crippen LogP contribution in [0.4, 0.5) is 4.39 Å². The Hall–Kier alpha value is -1.36. The number of nitrogens with one attached hydrogen (secondary N) is 2. The summed E-state index contributed by atoms with van der Waals surface area (Å²) in [5.41, 5.74) is 1.31. The van der Waals surface area contributed by atoms with Gasteiger partial charge in [0.2, 0.25) is 0 Å². The average molecular weight is 214 g/mol. The number of ether oxygens (including phenoxy) is 1. The van der Waals surface area contributed by atoms with Crippen LogP contribution in [0.15, 0.2) is 12.1 Å². The number of aromatic amines is 1. The standard InChI is InChI=1S/C10H15FN2O2/c1-15-10(14)9-4-3-8(13-9)7-12-6-2-5-11/h3-4,12-13H,2,5-7H2,1H3. The first-order valence-corrected chi connectivity index (χ1v) is 4.81. The van der Waals surface area contributed by atoms with Gasteiger partial charge in [0.25, 0.3) is 0 Å². The van der Waals surface area contributed by atoms with Crippen LogP contribution in [0.1, 0.15) is 22.6 Å². The zero-order valence-corrected chi connectivity index (χ0v) is 8.68. The van der Waals surface area contributed by atoms with Crippen LogP contribution in [0.25, 0.3) is 0 Å². The minimum absolute atomic E-state index is 0.314. The number of esters is 1. The Balaban J connectivity index is 2.36. The summed E-state index contributed by atoms with van der Waals surface area (Å²) in [5.74, 6) is -0.384. The molecule has 5 heteroatoms. The van der Waals surface area contributed by atoms with Gasteiger partial charge >= 0.3 is 5.97 Å². The van der Waals surface area contributed by atoms with Gasteiger partial charge in [-0.2, -0.15) is 0 Å². The molecule has 0 radical (unpaired) electrons. The Morgan fingerprint density at radius 1 is 1.60 bits per heavy atom. The van der Waals surface area contributed by atoms with Gasteiger partial charge < -0.3 is 15.0 Å². The third-order valence-corrected chi connectivity index (χ3v) is 1.95. The van der Waals surface area contributed by atoms with Gasteiger partial charge in [-0.1, -0.05) is 0 Å². The van der Waals surface area contributed by atoms with E-state index in [-0.39, 0.29) is 12.6 Å². The van der Waals surface area contributed by atoms with Crippen LogP contribution in [-0.2, 0) is 11.3 Å². The number of rotatable bonds is 6. The molecule has 1 rings (SSSR count). The van der Waals surface area contributed by atoms with E-state index in [1.165, 1.54) is 7.11 Å². The van der Waals surface area contributed by atoms with Crippen LogP contribution in [0.5, 0.6) is 0 Å². The number of carbonyl (C=O) groups excluding carboxylic acids is 1. The number of carbonyl (C=O) groups is 1. The summed E-state index contributed by atoms with van der Waals surface area (Å²) in [7, 11) is 1.34. The molecule has 0 unspecified atom stereocenters. The van der Waals surface area contributed by atoms with Crippen molar-refractivity contribution in [3.63, 3.8) is 0 Å². The van der Waals surface area contributed by atoms with E-state index in [0.717, 1.165) is 5.69 Å².